The minimum absolute atomic E-state index is 0.114. The minimum atomic E-state index is -0.129. The molecule has 18 heavy (non-hydrogen) atoms. The molecular weight excluding hydrogens is 228 g/mol. The van der Waals surface area contributed by atoms with Crippen molar-refractivity contribution in [1.29, 1.82) is 0 Å². The van der Waals surface area contributed by atoms with E-state index in [2.05, 4.69) is 20.2 Å². The maximum Gasteiger partial charge on any atom is 0.270 e. The molecule has 0 saturated carbocycles. The fourth-order valence-electron chi connectivity index (χ4n) is 2.11. The van der Waals surface area contributed by atoms with E-state index >= 15 is 0 Å². The zero-order valence-corrected chi connectivity index (χ0v) is 11.2. The van der Waals surface area contributed by atoms with Crippen LogP contribution in [0.4, 0.5) is 5.82 Å². The lowest BCUT2D eigenvalue weighted by Gasteiger charge is -2.17. The van der Waals surface area contributed by atoms with Crippen LogP contribution >= 0.6 is 0 Å². The van der Waals surface area contributed by atoms with Crippen molar-refractivity contribution in [3.8, 4) is 0 Å². The van der Waals surface area contributed by atoms with E-state index in [1.165, 1.54) is 12.8 Å². The lowest BCUT2D eigenvalue weighted by molar-refractivity contribution is 0.0937. The number of aromatic nitrogens is 2. The lowest BCUT2D eigenvalue weighted by atomic mass is 10.3. The number of hydrogen-bond donors (Lipinski definition) is 1. The average Bonchev–Trinajstić information content (AvgIpc) is 2.80. The number of amides is 1. The van der Waals surface area contributed by atoms with Crippen LogP contribution in [0.2, 0.25) is 0 Å². The second kappa shape index (κ2) is 5.33. The van der Waals surface area contributed by atoms with E-state index in [4.69, 9.17) is 0 Å². The van der Waals surface area contributed by atoms with E-state index in [-0.39, 0.29) is 11.9 Å². The van der Waals surface area contributed by atoms with Gasteiger partial charge >= 0.3 is 0 Å². The molecule has 1 aromatic heterocycles. The lowest BCUT2D eigenvalue weighted by Crippen LogP contribution is -2.31. The Kier molecular flexibility index (Phi) is 3.79. The Balaban J connectivity index is 2.23. The Morgan fingerprint density at radius 1 is 1.33 bits per heavy atom. The zero-order valence-electron chi connectivity index (χ0n) is 11.2. The van der Waals surface area contributed by atoms with Crippen molar-refractivity contribution in [2.24, 2.45) is 0 Å². The number of hydrogen-bond acceptors (Lipinski definition) is 4. The van der Waals surface area contributed by atoms with Crippen molar-refractivity contribution >= 4 is 11.7 Å². The molecule has 5 nitrogen and oxygen atoms in total. The van der Waals surface area contributed by atoms with Crippen molar-refractivity contribution in [1.82, 2.24) is 15.3 Å². The summed E-state index contributed by atoms with van der Waals surface area (Å²) in [4.78, 5) is 22.8. The van der Waals surface area contributed by atoms with Gasteiger partial charge in [-0.2, -0.15) is 0 Å². The second-order valence-electron chi connectivity index (χ2n) is 4.98. The van der Waals surface area contributed by atoms with Gasteiger partial charge in [0.25, 0.3) is 5.91 Å². The molecule has 0 aliphatic carbocycles. The van der Waals surface area contributed by atoms with Crippen molar-refractivity contribution < 1.29 is 4.79 Å². The molecule has 98 valence electrons. The summed E-state index contributed by atoms with van der Waals surface area (Å²) in [7, 11) is 0. The van der Waals surface area contributed by atoms with E-state index in [1.807, 2.05) is 20.8 Å². The molecule has 0 unspecified atom stereocenters. The molecule has 0 aromatic carbocycles. The van der Waals surface area contributed by atoms with E-state index < -0.39 is 0 Å². The molecule has 1 aliphatic heterocycles. The number of rotatable bonds is 3. The molecule has 5 heteroatoms. The van der Waals surface area contributed by atoms with Crippen molar-refractivity contribution in [2.75, 3.05) is 18.0 Å². The first-order valence-electron chi connectivity index (χ1n) is 6.48. The van der Waals surface area contributed by atoms with Gasteiger partial charge in [-0.25, -0.2) is 9.97 Å². The highest BCUT2D eigenvalue weighted by atomic mass is 16.1. The summed E-state index contributed by atoms with van der Waals surface area (Å²) in [5, 5.41) is 2.86. The highest BCUT2D eigenvalue weighted by molar-refractivity contribution is 5.93. The zero-order chi connectivity index (χ0) is 13.1. The van der Waals surface area contributed by atoms with Gasteiger partial charge in [-0.05, 0) is 33.6 Å². The molecule has 2 heterocycles. The highest BCUT2D eigenvalue weighted by Gasteiger charge is 2.17. The second-order valence-corrected chi connectivity index (χ2v) is 4.98. The van der Waals surface area contributed by atoms with Crippen molar-refractivity contribution in [3.05, 3.63) is 17.6 Å². The molecule has 1 aliphatic rings. The molecule has 1 fully saturated rings. The summed E-state index contributed by atoms with van der Waals surface area (Å²) in [6.07, 6.45) is 2.38. The predicted molar refractivity (Wildman–Crippen MR) is 70.8 cm³/mol. The van der Waals surface area contributed by atoms with Gasteiger partial charge in [-0.3, -0.25) is 4.79 Å². The minimum Gasteiger partial charge on any atom is -0.356 e. The van der Waals surface area contributed by atoms with Gasteiger partial charge in [-0.15, -0.1) is 0 Å². The summed E-state index contributed by atoms with van der Waals surface area (Å²) in [5.74, 6) is 1.39. The number of nitrogens with zero attached hydrogens (tertiary/aromatic N) is 3. The van der Waals surface area contributed by atoms with E-state index in [9.17, 15) is 4.79 Å². The molecule has 1 saturated heterocycles. The van der Waals surface area contributed by atoms with Gasteiger partial charge < -0.3 is 10.2 Å². The van der Waals surface area contributed by atoms with Crippen LogP contribution < -0.4 is 10.2 Å². The molecule has 0 spiro atoms. The third-order valence-corrected chi connectivity index (χ3v) is 2.91. The quantitative estimate of drug-likeness (QED) is 0.881. The van der Waals surface area contributed by atoms with Crippen LogP contribution in [-0.2, 0) is 0 Å². The smallest absolute Gasteiger partial charge is 0.270 e. The first-order chi connectivity index (χ1) is 8.56. The molecule has 0 atom stereocenters. The SMILES string of the molecule is Cc1nc(C(=O)NC(C)C)cc(N2CCCC2)n1. The molecule has 2 rings (SSSR count). The van der Waals surface area contributed by atoms with Crippen LogP contribution in [0, 0.1) is 6.92 Å². The predicted octanol–water partition coefficient (Wildman–Crippen LogP) is 1.52. The maximum atomic E-state index is 12.0. The van der Waals surface area contributed by atoms with Crippen LogP contribution in [0.1, 0.15) is 43.0 Å². The van der Waals surface area contributed by atoms with Gasteiger partial charge in [0.05, 0.1) is 0 Å². The molecule has 1 aromatic rings. The van der Waals surface area contributed by atoms with Gasteiger partial charge in [0.15, 0.2) is 0 Å². The monoisotopic (exact) mass is 248 g/mol. The Bertz CT molecular complexity index is 439. The molecular formula is C13H20N4O. The molecule has 1 amide bonds. The van der Waals surface area contributed by atoms with Gasteiger partial charge in [0, 0.05) is 25.2 Å². The third kappa shape index (κ3) is 2.97. The number of carbonyl (C=O) groups excluding carboxylic acids is 1. The Labute approximate surface area is 108 Å². The maximum absolute atomic E-state index is 12.0. The largest absolute Gasteiger partial charge is 0.356 e. The Morgan fingerprint density at radius 2 is 2.00 bits per heavy atom. The standard InChI is InChI=1S/C13H20N4O/c1-9(2)14-13(18)11-8-12(16-10(3)15-11)17-6-4-5-7-17/h8-9H,4-7H2,1-3H3,(H,14,18). The summed E-state index contributed by atoms with van der Waals surface area (Å²) in [5.41, 5.74) is 0.457. The summed E-state index contributed by atoms with van der Waals surface area (Å²) < 4.78 is 0. The first kappa shape index (κ1) is 12.8. The third-order valence-electron chi connectivity index (χ3n) is 2.91. The molecule has 0 bridgehead atoms. The van der Waals surface area contributed by atoms with Crippen LogP contribution in [0.25, 0.3) is 0 Å². The number of aryl methyl sites for hydroxylation is 1. The van der Waals surface area contributed by atoms with Gasteiger partial charge in [0.2, 0.25) is 0 Å². The van der Waals surface area contributed by atoms with Crippen LogP contribution in [0.5, 0.6) is 0 Å². The van der Waals surface area contributed by atoms with Gasteiger partial charge in [0.1, 0.15) is 17.3 Å². The average molecular weight is 248 g/mol. The highest BCUT2D eigenvalue weighted by Crippen LogP contribution is 2.18. The summed E-state index contributed by atoms with van der Waals surface area (Å²) >= 11 is 0. The molecule has 0 radical (unpaired) electrons. The van der Waals surface area contributed by atoms with Crippen molar-refractivity contribution in [2.45, 2.75) is 39.7 Å². The van der Waals surface area contributed by atoms with E-state index in [1.54, 1.807) is 6.07 Å². The van der Waals surface area contributed by atoms with E-state index in [0.29, 0.717) is 11.5 Å². The Morgan fingerprint density at radius 3 is 2.61 bits per heavy atom. The topological polar surface area (TPSA) is 58.1 Å². The van der Waals surface area contributed by atoms with Crippen LogP contribution in [0.15, 0.2) is 6.07 Å². The number of anilines is 1. The fraction of sp³-hybridized carbons (Fsp3) is 0.615. The van der Waals surface area contributed by atoms with Crippen molar-refractivity contribution in [3.63, 3.8) is 0 Å². The fourth-order valence-corrected chi connectivity index (χ4v) is 2.11. The number of nitrogens with one attached hydrogen (secondary N) is 1. The van der Waals surface area contributed by atoms with Crippen LogP contribution in [0.3, 0.4) is 0 Å². The van der Waals surface area contributed by atoms with Gasteiger partial charge in [-0.1, -0.05) is 0 Å². The number of carbonyl (C=O) groups is 1. The Hall–Kier alpha value is -1.65. The summed E-state index contributed by atoms with van der Waals surface area (Å²) in [6, 6.07) is 1.90. The normalized spacial score (nSPS) is 15.2. The van der Waals surface area contributed by atoms with Crippen LogP contribution in [-0.4, -0.2) is 35.0 Å². The first-order valence-corrected chi connectivity index (χ1v) is 6.48. The van der Waals surface area contributed by atoms with E-state index in [0.717, 1.165) is 18.9 Å². The summed E-state index contributed by atoms with van der Waals surface area (Å²) in [6.45, 7) is 7.73. The molecule has 1 N–H and O–H groups in total.